The molecule has 4 rings (SSSR count). The van der Waals surface area contributed by atoms with Crippen LogP contribution < -0.4 is 19.9 Å². The normalized spacial score (nSPS) is 17.0. The molecule has 3 aromatic carbocycles. The highest BCUT2D eigenvalue weighted by atomic mass is 16.5. The number of hydrogen-bond donors (Lipinski definition) is 1. The summed E-state index contributed by atoms with van der Waals surface area (Å²) in [7, 11) is 0. The molecule has 6 heteroatoms. The van der Waals surface area contributed by atoms with Crippen molar-refractivity contribution in [1.82, 2.24) is 0 Å². The molecule has 34 heavy (non-hydrogen) atoms. The summed E-state index contributed by atoms with van der Waals surface area (Å²) in [4.78, 5) is 24.7. The molecule has 0 spiro atoms. The van der Waals surface area contributed by atoms with Crippen LogP contribution in [0.2, 0.25) is 0 Å². The largest absolute Gasteiger partial charge is 0.489 e. The van der Waals surface area contributed by atoms with Crippen molar-refractivity contribution in [3.63, 3.8) is 0 Å². The first kappa shape index (κ1) is 23.4. The van der Waals surface area contributed by atoms with Crippen LogP contribution in [0.25, 0.3) is 11.1 Å². The number of fused-ring (bicyclic) bond motifs is 1. The van der Waals surface area contributed by atoms with Gasteiger partial charge < -0.3 is 19.9 Å². The van der Waals surface area contributed by atoms with Gasteiger partial charge in [0.1, 0.15) is 29.5 Å². The fourth-order valence-electron chi connectivity index (χ4n) is 4.30. The Morgan fingerprint density at radius 1 is 0.971 bits per heavy atom. The van der Waals surface area contributed by atoms with Crippen molar-refractivity contribution < 1.29 is 23.8 Å². The highest BCUT2D eigenvalue weighted by molar-refractivity contribution is 6.03. The maximum absolute atomic E-state index is 13.2. The molecule has 1 unspecified atom stereocenters. The SMILES string of the molecule is CC(=O)Oc1c(C)c(C)c2c(c1C)C(=O)CC(C)(COc1ccc(-c3ccc(N)cc3)cc1)O2. The minimum atomic E-state index is -0.827. The Morgan fingerprint density at radius 2 is 1.56 bits per heavy atom. The Kier molecular flexibility index (Phi) is 6.09. The van der Waals surface area contributed by atoms with Crippen LogP contribution in [0.5, 0.6) is 17.2 Å². The van der Waals surface area contributed by atoms with Crippen LogP contribution >= 0.6 is 0 Å². The molecule has 0 radical (unpaired) electrons. The van der Waals surface area contributed by atoms with E-state index >= 15 is 0 Å². The number of Topliss-reactive ketones (excluding diaryl/α,β-unsaturated/α-hetero) is 1. The quantitative estimate of drug-likeness (QED) is 0.304. The lowest BCUT2D eigenvalue weighted by atomic mass is 9.86. The molecule has 1 aliphatic rings. The molecule has 2 N–H and O–H groups in total. The minimum absolute atomic E-state index is 0.0555. The summed E-state index contributed by atoms with van der Waals surface area (Å²) in [5, 5.41) is 0. The fourth-order valence-corrected chi connectivity index (χ4v) is 4.30. The van der Waals surface area contributed by atoms with Crippen LogP contribution in [0.3, 0.4) is 0 Å². The van der Waals surface area contributed by atoms with E-state index in [0.717, 1.165) is 27.9 Å². The minimum Gasteiger partial charge on any atom is -0.489 e. The molecular weight excluding hydrogens is 430 g/mol. The molecule has 0 amide bonds. The van der Waals surface area contributed by atoms with Crippen LogP contribution in [0, 0.1) is 20.8 Å². The molecule has 0 aliphatic carbocycles. The molecule has 3 aromatic rings. The van der Waals surface area contributed by atoms with E-state index in [2.05, 4.69) is 0 Å². The zero-order chi connectivity index (χ0) is 24.6. The van der Waals surface area contributed by atoms with E-state index < -0.39 is 11.6 Å². The average Bonchev–Trinajstić information content (AvgIpc) is 2.79. The van der Waals surface area contributed by atoms with Gasteiger partial charge in [0, 0.05) is 18.2 Å². The highest BCUT2D eigenvalue weighted by Crippen LogP contribution is 2.44. The van der Waals surface area contributed by atoms with Gasteiger partial charge in [-0.05, 0) is 74.2 Å². The lowest BCUT2D eigenvalue weighted by Gasteiger charge is -2.36. The van der Waals surface area contributed by atoms with Crippen LogP contribution in [-0.4, -0.2) is 24.0 Å². The van der Waals surface area contributed by atoms with Crippen LogP contribution in [0.15, 0.2) is 48.5 Å². The summed E-state index contributed by atoms with van der Waals surface area (Å²) in [6.45, 7) is 8.95. The number of nitrogens with two attached hydrogens (primary N) is 1. The lowest BCUT2D eigenvalue weighted by Crippen LogP contribution is -2.45. The van der Waals surface area contributed by atoms with Gasteiger partial charge in [0.25, 0.3) is 0 Å². The summed E-state index contributed by atoms with van der Waals surface area (Å²) >= 11 is 0. The number of hydrogen-bond acceptors (Lipinski definition) is 6. The molecule has 176 valence electrons. The molecule has 0 saturated carbocycles. The van der Waals surface area contributed by atoms with Crippen molar-refractivity contribution in [2.24, 2.45) is 0 Å². The number of esters is 1. The Bertz CT molecular complexity index is 1260. The number of anilines is 1. The summed E-state index contributed by atoms with van der Waals surface area (Å²) in [6, 6.07) is 15.5. The molecule has 0 bridgehead atoms. The number of rotatable bonds is 5. The van der Waals surface area contributed by atoms with Gasteiger partial charge in [0.2, 0.25) is 0 Å². The van der Waals surface area contributed by atoms with E-state index in [0.29, 0.717) is 28.4 Å². The molecular formula is C28H29NO5. The standard InChI is InChI=1S/C28H29NO5/c1-16-17(2)27-25(18(3)26(16)33-19(4)30)24(31)14-28(5,34-27)15-32-23-12-8-21(9-13-23)20-6-10-22(29)11-7-20/h6-13H,14-15,29H2,1-5H3. The topological polar surface area (TPSA) is 87.9 Å². The monoisotopic (exact) mass is 459 g/mol. The van der Waals surface area contributed by atoms with E-state index in [1.54, 1.807) is 6.92 Å². The van der Waals surface area contributed by atoms with E-state index in [1.807, 2.05) is 69.3 Å². The van der Waals surface area contributed by atoms with Crippen LogP contribution in [-0.2, 0) is 4.79 Å². The summed E-state index contributed by atoms with van der Waals surface area (Å²) in [5.74, 6) is 1.18. The second kappa shape index (κ2) is 8.86. The molecule has 1 aliphatic heterocycles. The predicted molar refractivity (Wildman–Crippen MR) is 132 cm³/mol. The fraction of sp³-hybridized carbons (Fsp3) is 0.286. The first-order chi connectivity index (χ1) is 16.1. The maximum atomic E-state index is 13.2. The Labute approximate surface area is 199 Å². The van der Waals surface area contributed by atoms with Gasteiger partial charge in [-0.15, -0.1) is 0 Å². The van der Waals surface area contributed by atoms with Crippen molar-refractivity contribution in [1.29, 1.82) is 0 Å². The van der Waals surface area contributed by atoms with Gasteiger partial charge >= 0.3 is 5.97 Å². The predicted octanol–water partition coefficient (Wildman–Crippen LogP) is 5.59. The van der Waals surface area contributed by atoms with Gasteiger partial charge in [-0.25, -0.2) is 0 Å². The maximum Gasteiger partial charge on any atom is 0.308 e. The number of ketones is 1. The average molecular weight is 460 g/mol. The first-order valence-electron chi connectivity index (χ1n) is 11.2. The van der Waals surface area contributed by atoms with Crippen molar-refractivity contribution >= 4 is 17.4 Å². The summed E-state index contributed by atoms with van der Waals surface area (Å²) in [5.41, 5.74) is 10.5. The molecule has 6 nitrogen and oxygen atoms in total. The van der Waals surface area contributed by atoms with Gasteiger partial charge in [-0.3, -0.25) is 9.59 Å². The van der Waals surface area contributed by atoms with E-state index in [4.69, 9.17) is 19.9 Å². The zero-order valence-electron chi connectivity index (χ0n) is 20.2. The van der Waals surface area contributed by atoms with Crippen molar-refractivity contribution in [2.75, 3.05) is 12.3 Å². The van der Waals surface area contributed by atoms with E-state index in [9.17, 15) is 9.59 Å². The summed E-state index contributed by atoms with van der Waals surface area (Å²) in [6.07, 6.45) is 0.159. The molecule has 1 atom stereocenters. The van der Waals surface area contributed by atoms with Crippen molar-refractivity contribution in [3.05, 3.63) is 70.8 Å². The number of carbonyl (C=O) groups is 2. The molecule has 1 heterocycles. The van der Waals surface area contributed by atoms with Gasteiger partial charge in [-0.2, -0.15) is 0 Å². The number of nitrogen functional groups attached to an aromatic ring is 1. The lowest BCUT2D eigenvalue weighted by molar-refractivity contribution is -0.132. The van der Waals surface area contributed by atoms with Crippen LogP contribution in [0.1, 0.15) is 47.3 Å². The second-order valence-electron chi connectivity index (χ2n) is 9.09. The van der Waals surface area contributed by atoms with Gasteiger partial charge in [0.15, 0.2) is 5.78 Å². The van der Waals surface area contributed by atoms with Gasteiger partial charge in [-0.1, -0.05) is 24.3 Å². The molecule has 0 saturated heterocycles. The van der Waals surface area contributed by atoms with Crippen molar-refractivity contribution in [2.45, 2.75) is 46.6 Å². The molecule has 0 fully saturated rings. The third kappa shape index (κ3) is 4.49. The van der Waals surface area contributed by atoms with Gasteiger partial charge in [0.05, 0.1) is 12.0 Å². The first-order valence-corrected chi connectivity index (χ1v) is 11.2. The van der Waals surface area contributed by atoms with E-state index in [1.165, 1.54) is 6.92 Å². The Balaban J connectivity index is 1.53. The highest BCUT2D eigenvalue weighted by Gasteiger charge is 2.40. The third-order valence-electron chi connectivity index (χ3n) is 6.24. The number of carbonyl (C=O) groups excluding carboxylic acids is 2. The zero-order valence-corrected chi connectivity index (χ0v) is 20.2. The molecule has 0 aromatic heterocycles. The van der Waals surface area contributed by atoms with Crippen molar-refractivity contribution in [3.8, 4) is 28.4 Å². The smallest absolute Gasteiger partial charge is 0.308 e. The number of ether oxygens (including phenoxy) is 3. The Hall–Kier alpha value is -3.80. The summed E-state index contributed by atoms with van der Waals surface area (Å²) < 4.78 is 17.8. The van der Waals surface area contributed by atoms with Crippen LogP contribution in [0.4, 0.5) is 5.69 Å². The third-order valence-corrected chi connectivity index (χ3v) is 6.24. The Morgan fingerprint density at radius 3 is 2.15 bits per heavy atom. The van der Waals surface area contributed by atoms with E-state index in [-0.39, 0.29) is 18.8 Å². The second-order valence-corrected chi connectivity index (χ2v) is 9.09. The number of benzene rings is 3.